The third-order valence-corrected chi connectivity index (χ3v) is 5.81. The maximum atomic E-state index is 13.4. The lowest BCUT2D eigenvalue weighted by atomic mass is 9.79. The molecule has 6 nitrogen and oxygen atoms in total. The summed E-state index contributed by atoms with van der Waals surface area (Å²) in [5.41, 5.74) is 4.18. The van der Waals surface area contributed by atoms with Gasteiger partial charge in [-0.1, -0.05) is 35.9 Å². The molecule has 0 spiro atoms. The maximum absolute atomic E-state index is 13.4. The molecule has 0 radical (unpaired) electrons. The van der Waals surface area contributed by atoms with E-state index >= 15 is 0 Å². The number of fused-ring (bicyclic) bond motifs is 2. The second-order valence-corrected chi connectivity index (χ2v) is 7.63. The summed E-state index contributed by atoms with van der Waals surface area (Å²) >= 11 is 6.52. The second-order valence-electron chi connectivity index (χ2n) is 7.22. The fraction of sp³-hybridized carbons (Fsp3) is 0.250. The smallest absolute Gasteiger partial charge is 0.336 e. The van der Waals surface area contributed by atoms with Crippen LogP contribution in [0.3, 0.4) is 0 Å². The summed E-state index contributed by atoms with van der Waals surface area (Å²) in [6, 6.07) is 10.8. The number of hydrogen-bond donors (Lipinski definition) is 1. The van der Waals surface area contributed by atoms with Crippen molar-refractivity contribution in [3.63, 3.8) is 0 Å². The van der Waals surface area contributed by atoms with Gasteiger partial charge in [-0.05, 0) is 31.5 Å². The molecule has 2 aromatic carbocycles. The van der Waals surface area contributed by atoms with Crippen molar-refractivity contribution in [1.82, 2.24) is 5.32 Å². The minimum Gasteiger partial charge on any atom is -0.493 e. The number of rotatable bonds is 5. The van der Waals surface area contributed by atoms with Crippen molar-refractivity contribution in [3.05, 3.63) is 75.0 Å². The summed E-state index contributed by atoms with van der Waals surface area (Å²) in [5.74, 6) is -0.490. The molecule has 0 bridgehead atoms. The standard InChI is InChI=1S/C24H22ClNO5/c1-5-31-23-16(25)10-13(11-17(23)29-3)19-18(24(28)30-4)12(2)26-21-14-8-6-7-9-15(14)22(27)20(19)21/h6-11,19,26H,5H2,1-4H3/t19-/m1/s1. The lowest BCUT2D eigenvalue weighted by Crippen LogP contribution is -2.29. The Bertz CT molecular complexity index is 1160. The van der Waals surface area contributed by atoms with Gasteiger partial charge in [-0.15, -0.1) is 0 Å². The monoisotopic (exact) mass is 439 g/mol. The van der Waals surface area contributed by atoms with Crippen LogP contribution in [0.2, 0.25) is 5.02 Å². The molecule has 1 atom stereocenters. The summed E-state index contributed by atoms with van der Waals surface area (Å²) in [5, 5.41) is 3.59. The van der Waals surface area contributed by atoms with Gasteiger partial charge in [-0.2, -0.15) is 0 Å². The van der Waals surface area contributed by atoms with E-state index in [0.717, 1.165) is 5.56 Å². The zero-order valence-corrected chi connectivity index (χ0v) is 18.4. The molecule has 0 saturated heterocycles. The van der Waals surface area contributed by atoms with Gasteiger partial charge in [0.05, 0.1) is 37.1 Å². The average Bonchev–Trinajstić information content (AvgIpc) is 3.05. The number of carbonyl (C=O) groups is 2. The SMILES string of the molecule is CCOc1c(Cl)cc([C@@H]2C(C(=O)OC)=C(C)NC3=C2C(=O)c2ccccc23)cc1OC. The molecule has 31 heavy (non-hydrogen) atoms. The first kappa shape index (κ1) is 21.0. The number of hydrogen-bond acceptors (Lipinski definition) is 6. The summed E-state index contributed by atoms with van der Waals surface area (Å²) in [7, 11) is 2.84. The molecular weight excluding hydrogens is 418 g/mol. The van der Waals surface area contributed by atoms with Gasteiger partial charge < -0.3 is 19.5 Å². The first-order chi connectivity index (χ1) is 14.9. The summed E-state index contributed by atoms with van der Waals surface area (Å²) in [6.45, 7) is 4.06. The highest BCUT2D eigenvalue weighted by atomic mass is 35.5. The molecule has 4 rings (SSSR count). The zero-order valence-electron chi connectivity index (χ0n) is 17.7. The van der Waals surface area contributed by atoms with Gasteiger partial charge in [0, 0.05) is 28.3 Å². The maximum Gasteiger partial charge on any atom is 0.336 e. The molecule has 1 aliphatic heterocycles. The highest BCUT2D eigenvalue weighted by Crippen LogP contribution is 2.49. The van der Waals surface area contributed by atoms with Crippen molar-refractivity contribution in [3.8, 4) is 11.5 Å². The molecule has 160 valence electrons. The highest BCUT2D eigenvalue weighted by Gasteiger charge is 2.43. The number of halogens is 1. The normalized spacial score (nSPS) is 17.2. The fourth-order valence-corrected chi connectivity index (χ4v) is 4.51. The Hall–Kier alpha value is -3.25. The van der Waals surface area contributed by atoms with Gasteiger partial charge in [0.25, 0.3) is 0 Å². The van der Waals surface area contributed by atoms with E-state index in [0.29, 0.717) is 56.8 Å². The van der Waals surface area contributed by atoms with Crippen LogP contribution in [0.15, 0.2) is 53.2 Å². The minimum absolute atomic E-state index is 0.138. The number of ketones is 1. The Morgan fingerprint density at radius 3 is 2.52 bits per heavy atom. The van der Waals surface area contributed by atoms with E-state index in [1.54, 1.807) is 25.1 Å². The van der Waals surface area contributed by atoms with E-state index in [9.17, 15) is 9.59 Å². The summed E-state index contributed by atoms with van der Waals surface area (Å²) in [4.78, 5) is 26.2. The predicted octanol–water partition coefficient (Wildman–Crippen LogP) is 4.49. The summed E-state index contributed by atoms with van der Waals surface area (Å²) < 4.78 is 16.2. The van der Waals surface area contributed by atoms with Crippen LogP contribution in [-0.4, -0.2) is 32.6 Å². The van der Waals surface area contributed by atoms with Gasteiger partial charge in [0.15, 0.2) is 17.3 Å². The predicted molar refractivity (Wildman–Crippen MR) is 117 cm³/mol. The number of allylic oxidation sites excluding steroid dienone is 2. The van der Waals surface area contributed by atoms with E-state index < -0.39 is 11.9 Å². The first-order valence-electron chi connectivity index (χ1n) is 9.87. The topological polar surface area (TPSA) is 73.9 Å². The third kappa shape index (κ3) is 3.27. The Kier molecular flexibility index (Phi) is 5.50. The number of carbonyl (C=O) groups excluding carboxylic acids is 2. The third-order valence-electron chi connectivity index (χ3n) is 5.53. The number of dihydropyridines is 1. The quantitative estimate of drug-likeness (QED) is 0.692. The van der Waals surface area contributed by atoms with Crippen LogP contribution in [0.1, 0.15) is 41.3 Å². The molecule has 0 fully saturated rings. The molecule has 1 heterocycles. The van der Waals surface area contributed by atoms with Crippen molar-refractivity contribution >= 4 is 29.1 Å². The van der Waals surface area contributed by atoms with Crippen molar-refractivity contribution in [2.75, 3.05) is 20.8 Å². The van der Waals surface area contributed by atoms with Crippen LogP contribution in [0.25, 0.3) is 5.70 Å². The lowest BCUT2D eigenvalue weighted by molar-refractivity contribution is -0.136. The van der Waals surface area contributed by atoms with E-state index in [1.807, 2.05) is 25.1 Å². The van der Waals surface area contributed by atoms with Crippen LogP contribution in [-0.2, 0) is 9.53 Å². The number of Topliss-reactive ketones (excluding diaryl/α,β-unsaturated/α-hetero) is 1. The van der Waals surface area contributed by atoms with Gasteiger partial charge in [0.2, 0.25) is 0 Å². The van der Waals surface area contributed by atoms with Crippen molar-refractivity contribution in [2.24, 2.45) is 0 Å². The summed E-state index contributed by atoms with van der Waals surface area (Å²) in [6.07, 6.45) is 0. The molecule has 2 aliphatic rings. The molecular formula is C24H22ClNO5. The van der Waals surface area contributed by atoms with Gasteiger partial charge in [0.1, 0.15) is 0 Å². The zero-order chi connectivity index (χ0) is 22.3. The van der Waals surface area contributed by atoms with E-state index in [2.05, 4.69) is 5.32 Å². The van der Waals surface area contributed by atoms with Gasteiger partial charge >= 0.3 is 5.97 Å². The van der Waals surface area contributed by atoms with Crippen LogP contribution >= 0.6 is 11.6 Å². The second kappa shape index (κ2) is 8.12. The Morgan fingerprint density at radius 1 is 1.16 bits per heavy atom. The largest absolute Gasteiger partial charge is 0.493 e. The van der Waals surface area contributed by atoms with Crippen LogP contribution < -0.4 is 14.8 Å². The Labute approximate surface area is 185 Å². The van der Waals surface area contributed by atoms with E-state index in [-0.39, 0.29) is 5.78 Å². The number of methoxy groups -OCH3 is 2. The number of benzene rings is 2. The van der Waals surface area contributed by atoms with Gasteiger partial charge in [-0.3, -0.25) is 4.79 Å². The van der Waals surface area contributed by atoms with Crippen LogP contribution in [0, 0.1) is 0 Å². The number of esters is 1. The van der Waals surface area contributed by atoms with Crippen molar-refractivity contribution in [1.29, 1.82) is 0 Å². The fourth-order valence-electron chi connectivity index (χ4n) is 4.23. The van der Waals surface area contributed by atoms with Crippen LogP contribution in [0.5, 0.6) is 11.5 Å². The number of ether oxygens (including phenoxy) is 3. The molecule has 0 unspecified atom stereocenters. The Balaban J connectivity index is 1.96. The molecule has 1 N–H and O–H groups in total. The number of nitrogens with one attached hydrogen (secondary N) is 1. The lowest BCUT2D eigenvalue weighted by Gasteiger charge is -2.29. The van der Waals surface area contributed by atoms with Gasteiger partial charge in [-0.25, -0.2) is 4.79 Å². The minimum atomic E-state index is -0.675. The molecule has 0 aromatic heterocycles. The molecule has 2 aromatic rings. The van der Waals surface area contributed by atoms with Crippen molar-refractivity contribution in [2.45, 2.75) is 19.8 Å². The van der Waals surface area contributed by atoms with E-state index in [1.165, 1.54) is 14.2 Å². The highest BCUT2D eigenvalue weighted by molar-refractivity contribution is 6.32. The molecule has 1 aliphatic carbocycles. The average molecular weight is 440 g/mol. The molecule has 0 saturated carbocycles. The molecule has 7 heteroatoms. The van der Waals surface area contributed by atoms with E-state index in [4.69, 9.17) is 25.8 Å². The molecule has 0 amide bonds. The van der Waals surface area contributed by atoms with Crippen LogP contribution in [0.4, 0.5) is 0 Å². The van der Waals surface area contributed by atoms with Crippen molar-refractivity contribution < 1.29 is 23.8 Å². The Morgan fingerprint density at radius 2 is 1.87 bits per heavy atom. The first-order valence-corrected chi connectivity index (χ1v) is 10.2.